The second kappa shape index (κ2) is 5.49. The van der Waals surface area contributed by atoms with Crippen LogP contribution in [0.2, 0.25) is 0 Å². The molecular weight excluding hydrogens is 226 g/mol. The van der Waals surface area contributed by atoms with E-state index in [9.17, 15) is 4.79 Å². The van der Waals surface area contributed by atoms with Crippen molar-refractivity contribution < 1.29 is 4.79 Å². The van der Waals surface area contributed by atoms with Crippen LogP contribution in [0.15, 0.2) is 42.7 Å². The van der Waals surface area contributed by atoms with E-state index in [1.165, 1.54) is 0 Å². The summed E-state index contributed by atoms with van der Waals surface area (Å²) in [6.45, 7) is 5.38. The van der Waals surface area contributed by atoms with Gasteiger partial charge in [0.15, 0.2) is 0 Å². The van der Waals surface area contributed by atoms with E-state index in [0.29, 0.717) is 18.7 Å². The van der Waals surface area contributed by atoms with Crippen molar-refractivity contribution in [1.29, 1.82) is 0 Å². The van der Waals surface area contributed by atoms with Gasteiger partial charge in [0.05, 0.1) is 17.4 Å². The van der Waals surface area contributed by atoms with E-state index < -0.39 is 0 Å². The first-order valence-electron chi connectivity index (χ1n) is 6.15. The zero-order chi connectivity index (χ0) is 13.0. The highest BCUT2D eigenvalue weighted by molar-refractivity contribution is 5.93. The van der Waals surface area contributed by atoms with E-state index in [4.69, 9.17) is 0 Å². The standard InChI is InChI=1S/C14H17N3O/c1-3-16(4-2)14(18)12-10-15-17(11-12)13-8-6-5-7-9-13/h5-11H,3-4H2,1-2H3. The summed E-state index contributed by atoms with van der Waals surface area (Å²) in [7, 11) is 0. The van der Waals surface area contributed by atoms with Crippen LogP contribution in [0.3, 0.4) is 0 Å². The number of carbonyl (C=O) groups is 1. The molecule has 1 heterocycles. The van der Waals surface area contributed by atoms with E-state index in [-0.39, 0.29) is 5.91 Å². The van der Waals surface area contributed by atoms with Crippen LogP contribution in [0.5, 0.6) is 0 Å². The molecule has 4 nitrogen and oxygen atoms in total. The van der Waals surface area contributed by atoms with Crippen molar-refractivity contribution in [3.05, 3.63) is 48.3 Å². The van der Waals surface area contributed by atoms with Gasteiger partial charge in [0, 0.05) is 19.3 Å². The highest BCUT2D eigenvalue weighted by Crippen LogP contribution is 2.09. The number of rotatable bonds is 4. The molecule has 0 radical (unpaired) electrons. The van der Waals surface area contributed by atoms with E-state index >= 15 is 0 Å². The first kappa shape index (κ1) is 12.4. The first-order chi connectivity index (χ1) is 8.76. The maximum absolute atomic E-state index is 12.1. The van der Waals surface area contributed by atoms with Crippen LogP contribution in [0.25, 0.3) is 5.69 Å². The number of amides is 1. The molecule has 0 saturated heterocycles. The van der Waals surface area contributed by atoms with Crippen LogP contribution in [0.1, 0.15) is 24.2 Å². The molecule has 1 amide bonds. The maximum atomic E-state index is 12.1. The van der Waals surface area contributed by atoms with Gasteiger partial charge in [-0.3, -0.25) is 4.79 Å². The Bertz CT molecular complexity index is 515. The lowest BCUT2D eigenvalue weighted by Gasteiger charge is -2.17. The number of hydrogen-bond acceptors (Lipinski definition) is 2. The molecule has 0 fully saturated rings. The van der Waals surface area contributed by atoms with Crippen molar-refractivity contribution in [1.82, 2.24) is 14.7 Å². The minimum atomic E-state index is 0.0298. The average Bonchev–Trinajstić information content (AvgIpc) is 2.90. The molecule has 0 atom stereocenters. The molecule has 0 saturated carbocycles. The van der Waals surface area contributed by atoms with Gasteiger partial charge in [0.2, 0.25) is 0 Å². The van der Waals surface area contributed by atoms with Gasteiger partial charge in [-0.25, -0.2) is 4.68 Å². The summed E-state index contributed by atoms with van der Waals surface area (Å²) in [6.07, 6.45) is 3.39. The first-order valence-corrected chi connectivity index (χ1v) is 6.15. The number of carbonyl (C=O) groups excluding carboxylic acids is 1. The smallest absolute Gasteiger partial charge is 0.257 e. The molecule has 0 unspecified atom stereocenters. The number of hydrogen-bond donors (Lipinski definition) is 0. The lowest BCUT2D eigenvalue weighted by molar-refractivity contribution is 0.0773. The Morgan fingerprint density at radius 2 is 1.89 bits per heavy atom. The fourth-order valence-electron chi connectivity index (χ4n) is 1.85. The monoisotopic (exact) mass is 243 g/mol. The maximum Gasteiger partial charge on any atom is 0.257 e. The quantitative estimate of drug-likeness (QED) is 0.826. The normalized spacial score (nSPS) is 10.3. The third-order valence-electron chi connectivity index (χ3n) is 2.90. The molecule has 0 bridgehead atoms. The number of nitrogens with zero attached hydrogens (tertiary/aromatic N) is 3. The predicted molar refractivity (Wildman–Crippen MR) is 70.8 cm³/mol. The zero-order valence-electron chi connectivity index (χ0n) is 10.7. The summed E-state index contributed by atoms with van der Waals surface area (Å²) in [5, 5.41) is 4.23. The molecule has 1 aromatic carbocycles. The second-order valence-corrected chi connectivity index (χ2v) is 3.99. The fourth-order valence-corrected chi connectivity index (χ4v) is 1.85. The van der Waals surface area contributed by atoms with Crippen molar-refractivity contribution in [3.8, 4) is 5.69 Å². The lowest BCUT2D eigenvalue weighted by atomic mass is 10.3. The van der Waals surface area contributed by atoms with Crippen LogP contribution in [0.4, 0.5) is 0 Å². The molecule has 2 rings (SSSR count). The molecule has 0 N–H and O–H groups in total. The fraction of sp³-hybridized carbons (Fsp3) is 0.286. The molecule has 0 spiro atoms. The van der Waals surface area contributed by atoms with Gasteiger partial charge in [-0.15, -0.1) is 0 Å². The summed E-state index contributed by atoms with van der Waals surface area (Å²) in [5.74, 6) is 0.0298. The third-order valence-corrected chi connectivity index (χ3v) is 2.90. The Morgan fingerprint density at radius 3 is 2.50 bits per heavy atom. The van der Waals surface area contributed by atoms with E-state index in [1.807, 2.05) is 44.2 Å². The molecule has 0 aliphatic carbocycles. The molecule has 94 valence electrons. The van der Waals surface area contributed by atoms with Crippen LogP contribution in [0, 0.1) is 0 Å². The minimum Gasteiger partial charge on any atom is -0.339 e. The van der Waals surface area contributed by atoms with E-state index in [0.717, 1.165) is 5.69 Å². The summed E-state index contributed by atoms with van der Waals surface area (Å²) < 4.78 is 1.72. The second-order valence-electron chi connectivity index (χ2n) is 3.99. The van der Waals surface area contributed by atoms with Crippen molar-refractivity contribution >= 4 is 5.91 Å². The highest BCUT2D eigenvalue weighted by atomic mass is 16.2. The summed E-state index contributed by atoms with van der Waals surface area (Å²) in [5.41, 5.74) is 1.58. The largest absolute Gasteiger partial charge is 0.339 e. The highest BCUT2D eigenvalue weighted by Gasteiger charge is 2.14. The van der Waals surface area contributed by atoms with Gasteiger partial charge >= 0.3 is 0 Å². The topological polar surface area (TPSA) is 38.1 Å². The van der Waals surface area contributed by atoms with Crippen molar-refractivity contribution in [2.75, 3.05) is 13.1 Å². The number of aromatic nitrogens is 2. The zero-order valence-corrected chi connectivity index (χ0v) is 10.7. The Balaban J connectivity index is 2.23. The summed E-state index contributed by atoms with van der Waals surface area (Å²) in [6, 6.07) is 9.76. The van der Waals surface area contributed by atoms with Crippen LogP contribution in [-0.2, 0) is 0 Å². The SMILES string of the molecule is CCN(CC)C(=O)c1cnn(-c2ccccc2)c1. The number of benzene rings is 1. The van der Waals surface area contributed by atoms with Gasteiger partial charge in [0.25, 0.3) is 5.91 Å². The van der Waals surface area contributed by atoms with Crippen molar-refractivity contribution in [2.45, 2.75) is 13.8 Å². The number of para-hydroxylation sites is 1. The molecule has 18 heavy (non-hydrogen) atoms. The Kier molecular flexibility index (Phi) is 3.77. The molecule has 0 aliphatic rings. The van der Waals surface area contributed by atoms with Crippen LogP contribution >= 0.6 is 0 Å². The van der Waals surface area contributed by atoms with E-state index in [1.54, 1.807) is 22.0 Å². The summed E-state index contributed by atoms with van der Waals surface area (Å²) in [4.78, 5) is 13.9. The van der Waals surface area contributed by atoms with E-state index in [2.05, 4.69) is 5.10 Å². The van der Waals surface area contributed by atoms with Crippen molar-refractivity contribution in [3.63, 3.8) is 0 Å². The molecule has 0 aliphatic heterocycles. The molecule has 2 aromatic rings. The minimum absolute atomic E-state index is 0.0298. The predicted octanol–water partition coefficient (Wildman–Crippen LogP) is 2.35. The lowest BCUT2D eigenvalue weighted by Crippen LogP contribution is -2.30. The Morgan fingerprint density at radius 1 is 1.22 bits per heavy atom. The van der Waals surface area contributed by atoms with Gasteiger partial charge < -0.3 is 4.90 Å². The van der Waals surface area contributed by atoms with Gasteiger partial charge in [-0.05, 0) is 26.0 Å². The molecule has 4 heteroatoms. The average molecular weight is 243 g/mol. The van der Waals surface area contributed by atoms with Gasteiger partial charge in [-0.2, -0.15) is 5.10 Å². The van der Waals surface area contributed by atoms with Crippen LogP contribution in [-0.4, -0.2) is 33.7 Å². The third kappa shape index (κ3) is 2.42. The summed E-state index contributed by atoms with van der Waals surface area (Å²) >= 11 is 0. The van der Waals surface area contributed by atoms with Crippen molar-refractivity contribution in [2.24, 2.45) is 0 Å². The molecular formula is C14H17N3O. The Labute approximate surface area is 107 Å². The van der Waals surface area contributed by atoms with Crippen LogP contribution < -0.4 is 0 Å². The Hall–Kier alpha value is -2.10. The molecule has 1 aromatic heterocycles. The van der Waals surface area contributed by atoms with Gasteiger partial charge in [-0.1, -0.05) is 18.2 Å². The van der Waals surface area contributed by atoms with Gasteiger partial charge in [0.1, 0.15) is 0 Å².